The van der Waals surface area contributed by atoms with E-state index in [1.54, 1.807) is 19.1 Å². The predicted octanol–water partition coefficient (Wildman–Crippen LogP) is 5.01. The SMILES string of the molecule is Cc1ncc(C(=O)Nc2ccc(OC(F)(F)Cl)cc2)cc1-c1cccnc1F. The Hall–Kier alpha value is -3.13. The van der Waals surface area contributed by atoms with E-state index in [1.165, 1.54) is 42.7 Å². The summed E-state index contributed by atoms with van der Waals surface area (Å²) >= 11 is 4.70. The highest BCUT2D eigenvalue weighted by molar-refractivity contribution is 6.20. The highest BCUT2D eigenvalue weighted by Gasteiger charge is 2.27. The summed E-state index contributed by atoms with van der Waals surface area (Å²) in [4.78, 5) is 20.2. The monoisotopic (exact) mass is 407 g/mol. The topological polar surface area (TPSA) is 64.1 Å². The number of rotatable bonds is 5. The summed E-state index contributed by atoms with van der Waals surface area (Å²) in [5.74, 6) is -1.34. The van der Waals surface area contributed by atoms with Gasteiger partial charge in [-0.2, -0.15) is 4.39 Å². The van der Waals surface area contributed by atoms with Gasteiger partial charge >= 0.3 is 5.57 Å². The fourth-order valence-electron chi connectivity index (χ4n) is 2.46. The van der Waals surface area contributed by atoms with Crippen molar-refractivity contribution >= 4 is 23.2 Å². The van der Waals surface area contributed by atoms with Crippen LogP contribution in [0.1, 0.15) is 16.1 Å². The second-order valence-corrected chi connectivity index (χ2v) is 6.17. The third-order valence-electron chi connectivity index (χ3n) is 3.74. The summed E-state index contributed by atoms with van der Waals surface area (Å²) in [6, 6.07) is 9.84. The van der Waals surface area contributed by atoms with Crippen LogP contribution in [0.4, 0.5) is 18.9 Å². The number of ether oxygens (including phenoxy) is 1. The Morgan fingerprint density at radius 1 is 1.14 bits per heavy atom. The largest absolute Gasteiger partial charge is 0.487 e. The van der Waals surface area contributed by atoms with E-state index in [-0.39, 0.29) is 16.9 Å². The van der Waals surface area contributed by atoms with Crippen LogP contribution >= 0.6 is 11.6 Å². The van der Waals surface area contributed by atoms with Crippen molar-refractivity contribution < 1.29 is 22.7 Å². The molecule has 2 heterocycles. The molecule has 0 atom stereocenters. The van der Waals surface area contributed by atoms with Gasteiger partial charge in [0.1, 0.15) is 5.75 Å². The zero-order valence-electron chi connectivity index (χ0n) is 14.4. The second kappa shape index (κ2) is 7.85. The van der Waals surface area contributed by atoms with Gasteiger partial charge in [-0.1, -0.05) is 0 Å². The third kappa shape index (κ3) is 4.77. The number of anilines is 1. The average molecular weight is 408 g/mol. The van der Waals surface area contributed by atoms with E-state index in [2.05, 4.69) is 20.0 Å². The lowest BCUT2D eigenvalue weighted by molar-refractivity contribution is -0.0964. The molecule has 5 nitrogen and oxygen atoms in total. The first kappa shape index (κ1) is 19.6. The number of aryl methyl sites for hydroxylation is 1. The molecule has 3 rings (SSSR count). The lowest BCUT2D eigenvalue weighted by Gasteiger charge is -2.12. The minimum absolute atomic E-state index is 0.163. The molecule has 0 radical (unpaired) electrons. The zero-order chi connectivity index (χ0) is 20.3. The second-order valence-electron chi connectivity index (χ2n) is 5.73. The number of pyridine rings is 2. The van der Waals surface area contributed by atoms with Crippen LogP contribution in [0.5, 0.6) is 5.75 Å². The van der Waals surface area contributed by atoms with Crippen LogP contribution in [0, 0.1) is 12.9 Å². The fourth-order valence-corrected chi connectivity index (χ4v) is 2.55. The molecule has 0 aliphatic rings. The number of carbonyl (C=O) groups excluding carboxylic acids is 1. The van der Waals surface area contributed by atoms with E-state index in [9.17, 15) is 18.0 Å². The fraction of sp³-hybridized carbons (Fsp3) is 0.105. The molecule has 0 fully saturated rings. The van der Waals surface area contributed by atoms with Crippen molar-refractivity contribution in [3.8, 4) is 16.9 Å². The van der Waals surface area contributed by atoms with Gasteiger partial charge < -0.3 is 10.1 Å². The predicted molar refractivity (Wildman–Crippen MR) is 98.0 cm³/mol. The number of amides is 1. The Morgan fingerprint density at radius 2 is 1.86 bits per heavy atom. The number of aromatic nitrogens is 2. The van der Waals surface area contributed by atoms with Gasteiger partial charge in [-0.25, -0.2) is 4.98 Å². The van der Waals surface area contributed by atoms with Crippen LogP contribution in [0.25, 0.3) is 11.1 Å². The van der Waals surface area contributed by atoms with Crippen molar-refractivity contribution in [3.05, 3.63) is 72.1 Å². The molecule has 0 unspecified atom stereocenters. The highest BCUT2D eigenvalue weighted by atomic mass is 35.5. The van der Waals surface area contributed by atoms with Crippen LogP contribution in [-0.4, -0.2) is 21.4 Å². The summed E-state index contributed by atoms with van der Waals surface area (Å²) < 4.78 is 43.4. The number of halogens is 4. The smallest absolute Gasteiger partial charge is 0.420 e. The quantitative estimate of drug-likeness (QED) is 0.477. The van der Waals surface area contributed by atoms with Crippen molar-refractivity contribution in [2.45, 2.75) is 12.5 Å². The van der Waals surface area contributed by atoms with Gasteiger partial charge in [-0.15, -0.1) is 8.78 Å². The zero-order valence-corrected chi connectivity index (χ0v) is 15.2. The molecule has 28 heavy (non-hydrogen) atoms. The molecule has 1 aromatic carbocycles. The number of alkyl halides is 3. The van der Waals surface area contributed by atoms with Crippen LogP contribution in [0.2, 0.25) is 0 Å². The van der Waals surface area contributed by atoms with Crippen LogP contribution in [0.3, 0.4) is 0 Å². The minimum atomic E-state index is -3.82. The Balaban J connectivity index is 1.80. The summed E-state index contributed by atoms with van der Waals surface area (Å²) in [5, 5.41) is 2.60. The standard InChI is InChI=1S/C19H13ClF3N3O2/c1-11-16(15-3-2-8-24-17(15)21)9-12(10-25-11)18(27)26-13-4-6-14(7-5-13)28-19(20,22)23/h2-10H,1H3,(H,26,27). The summed E-state index contributed by atoms with van der Waals surface area (Å²) in [5.41, 5.74) is -2.10. The van der Waals surface area contributed by atoms with E-state index in [1.807, 2.05) is 0 Å². The number of benzene rings is 1. The first-order valence-corrected chi connectivity index (χ1v) is 8.35. The molecular formula is C19H13ClF3N3O2. The number of hydrogen-bond acceptors (Lipinski definition) is 4. The van der Waals surface area contributed by atoms with Gasteiger partial charge in [0, 0.05) is 46.5 Å². The molecule has 0 aliphatic heterocycles. The van der Waals surface area contributed by atoms with Gasteiger partial charge in [0.05, 0.1) is 5.56 Å². The number of nitrogens with one attached hydrogen (secondary N) is 1. The molecule has 1 amide bonds. The van der Waals surface area contributed by atoms with Crippen LogP contribution < -0.4 is 10.1 Å². The first-order chi connectivity index (χ1) is 13.2. The van der Waals surface area contributed by atoms with Crippen molar-refractivity contribution in [1.29, 1.82) is 0 Å². The average Bonchev–Trinajstić information content (AvgIpc) is 2.63. The third-order valence-corrected chi connectivity index (χ3v) is 3.82. The number of nitrogens with zero attached hydrogens (tertiary/aromatic N) is 2. The molecule has 0 saturated carbocycles. The molecule has 0 aliphatic carbocycles. The Bertz CT molecular complexity index is 1010. The van der Waals surface area contributed by atoms with Crippen LogP contribution in [0.15, 0.2) is 54.9 Å². The van der Waals surface area contributed by atoms with Crippen molar-refractivity contribution in [1.82, 2.24) is 9.97 Å². The van der Waals surface area contributed by atoms with Gasteiger partial charge in [-0.3, -0.25) is 9.78 Å². The lowest BCUT2D eigenvalue weighted by atomic mass is 10.0. The highest BCUT2D eigenvalue weighted by Crippen LogP contribution is 2.27. The van der Waals surface area contributed by atoms with Gasteiger partial charge in [0.15, 0.2) is 0 Å². The summed E-state index contributed by atoms with van der Waals surface area (Å²) in [6.07, 6.45) is 2.68. The summed E-state index contributed by atoms with van der Waals surface area (Å²) in [7, 11) is 0. The molecular weight excluding hydrogens is 395 g/mol. The first-order valence-electron chi connectivity index (χ1n) is 7.97. The number of hydrogen-bond donors (Lipinski definition) is 1. The van der Waals surface area contributed by atoms with Gasteiger partial charge in [0.25, 0.3) is 5.91 Å². The van der Waals surface area contributed by atoms with E-state index in [4.69, 9.17) is 11.6 Å². The molecule has 0 spiro atoms. The van der Waals surface area contributed by atoms with E-state index < -0.39 is 17.4 Å². The van der Waals surface area contributed by atoms with Gasteiger partial charge in [-0.05, 0) is 49.4 Å². The molecule has 3 aromatic rings. The van der Waals surface area contributed by atoms with Crippen LogP contribution in [-0.2, 0) is 0 Å². The Kier molecular flexibility index (Phi) is 5.51. The molecule has 9 heteroatoms. The molecule has 1 N–H and O–H groups in total. The molecule has 144 valence electrons. The maximum absolute atomic E-state index is 14.0. The molecule has 0 bridgehead atoms. The maximum atomic E-state index is 14.0. The van der Waals surface area contributed by atoms with E-state index in [0.717, 1.165) is 0 Å². The maximum Gasteiger partial charge on any atom is 0.487 e. The Morgan fingerprint density at radius 3 is 2.50 bits per heavy atom. The summed E-state index contributed by atoms with van der Waals surface area (Å²) in [6.45, 7) is 1.69. The van der Waals surface area contributed by atoms with Crippen molar-refractivity contribution in [2.75, 3.05) is 5.32 Å². The van der Waals surface area contributed by atoms with E-state index >= 15 is 0 Å². The van der Waals surface area contributed by atoms with Crippen molar-refractivity contribution in [2.24, 2.45) is 0 Å². The Labute approximate surface area is 163 Å². The molecule has 0 saturated heterocycles. The minimum Gasteiger partial charge on any atom is -0.420 e. The molecule has 2 aromatic heterocycles. The van der Waals surface area contributed by atoms with Gasteiger partial charge in [0.2, 0.25) is 5.95 Å². The number of carbonyl (C=O) groups is 1. The lowest BCUT2D eigenvalue weighted by Crippen LogP contribution is -2.16. The van der Waals surface area contributed by atoms with Crippen molar-refractivity contribution in [3.63, 3.8) is 0 Å². The van der Waals surface area contributed by atoms with E-state index in [0.29, 0.717) is 16.9 Å². The normalized spacial score (nSPS) is 11.2.